The molecule has 4 fully saturated rings. The Morgan fingerprint density at radius 1 is 0.897 bits per heavy atom. The fraction of sp³-hybridized carbons (Fsp3) is 1.00. The molecule has 0 amide bonds. The second kappa shape index (κ2) is 7.22. The minimum absolute atomic E-state index is 0.422. The third kappa shape index (κ3) is 3.84. The maximum absolute atomic E-state index is 10.7. The van der Waals surface area contributed by atoms with Gasteiger partial charge in [0.05, 0.1) is 11.2 Å². The fourth-order valence-electron chi connectivity index (χ4n) is 9.19. The first-order valence-corrected chi connectivity index (χ1v) is 12.8. The van der Waals surface area contributed by atoms with Crippen LogP contribution >= 0.6 is 0 Å². The van der Waals surface area contributed by atoms with Crippen molar-refractivity contribution in [2.45, 2.75) is 123 Å². The molecule has 0 aromatic heterocycles. The first-order valence-electron chi connectivity index (χ1n) is 12.8. The van der Waals surface area contributed by atoms with Gasteiger partial charge in [-0.15, -0.1) is 0 Å². The molecular weight excluding hydrogens is 356 g/mol. The lowest BCUT2D eigenvalue weighted by atomic mass is 9.43. The molecule has 0 aromatic rings. The Kier molecular flexibility index (Phi) is 5.51. The highest BCUT2D eigenvalue weighted by Crippen LogP contribution is 2.68. The van der Waals surface area contributed by atoms with Gasteiger partial charge in [-0.3, -0.25) is 0 Å². The molecule has 2 N–H and O–H groups in total. The van der Waals surface area contributed by atoms with Crippen LogP contribution in [-0.4, -0.2) is 21.4 Å². The molecular formula is C27H48O2. The van der Waals surface area contributed by atoms with Gasteiger partial charge < -0.3 is 10.2 Å². The highest BCUT2D eigenvalue weighted by molar-refractivity contribution is 5.10. The molecule has 2 nitrogen and oxygen atoms in total. The lowest BCUT2D eigenvalue weighted by molar-refractivity contribution is -0.148. The van der Waals surface area contributed by atoms with Gasteiger partial charge in [-0.2, -0.15) is 0 Å². The van der Waals surface area contributed by atoms with Crippen LogP contribution in [0.1, 0.15) is 112 Å². The molecule has 168 valence electrons. The quantitative estimate of drug-likeness (QED) is 0.555. The summed E-state index contributed by atoms with van der Waals surface area (Å²) in [7, 11) is 0. The molecule has 0 spiro atoms. The molecule has 0 bridgehead atoms. The lowest BCUT2D eigenvalue weighted by Crippen LogP contribution is -2.55. The number of rotatable bonds is 4. The maximum atomic E-state index is 10.7. The summed E-state index contributed by atoms with van der Waals surface area (Å²) in [5.41, 5.74) is 0.0369. The summed E-state index contributed by atoms with van der Waals surface area (Å²) in [6, 6.07) is 0. The van der Waals surface area contributed by atoms with Crippen molar-refractivity contribution in [1.29, 1.82) is 0 Å². The third-order valence-corrected chi connectivity index (χ3v) is 10.9. The van der Waals surface area contributed by atoms with Gasteiger partial charge in [-0.25, -0.2) is 0 Å². The minimum Gasteiger partial charge on any atom is -0.390 e. The monoisotopic (exact) mass is 404 g/mol. The summed E-state index contributed by atoms with van der Waals surface area (Å²) in [5, 5.41) is 20.9. The van der Waals surface area contributed by atoms with Gasteiger partial charge in [-0.05, 0) is 138 Å². The van der Waals surface area contributed by atoms with Crippen molar-refractivity contribution in [2.24, 2.45) is 46.3 Å². The van der Waals surface area contributed by atoms with E-state index < -0.39 is 11.2 Å². The van der Waals surface area contributed by atoms with E-state index in [1.54, 1.807) is 0 Å². The molecule has 0 aromatic carbocycles. The van der Waals surface area contributed by atoms with E-state index in [0.717, 1.165) is 54.8 Å². The molecule has 4 aliphatic carbocycles. The number of hydrogen-bond donors (Lipinski definition) is 2. The van der Waals surface area contributed by atoms with Crippen molar-refractivity contribution in [3.8, 4) is 0 Å². The van der Waals surface area contributed by atoms with Crippen LogP contribution in [0.3, 0.4) is 0 Å². The van der Waals surface area contributed by atoms with Crippen molar-refractivity contribution in [1.82, 2.24) is 0 Å². The van der Waals surface area contributed by atoms with E-state index in [1.807, 2.05) is 13.8 Å². The van der Waals surface area contributed by atoms with Crippen LogP contribution in [0.4, 0.5) is 0 Å². The molecule has 4 aliphatic rings. The largest absolute Gasteiger partial charge is 0.390 e. The molecule has 4 rings (SSSR count). The first kappa shape index (κ1) is 22.1. The normalized spacial score (nSPS) is 51.1. The molecule has 2 heteroatoms. The Labute approximate surface area is 180 Å². The van der Waals surface area contributed by atoms with Crippen LogP contribution in [0.2, 0.25) is 0 Å². The molecule has 2 unspecified atom stereocenters. The van der Waals surface area contributed by atoms with Crippen LogP contribution in [0, 0.1) is 46.3 Å². The van der Waals surface area contributed by atoms with Crippen molar-refractivity contribution >= 4 is 0 Å². The van der Waals surface area contributed by atoms with Crippen LogP contribution < -0.4 is 0 Å². The standard InChI is InChI=1S/C27H48O2/c1-18(11-13-24(2,3)28)21-9-10-22-20-8-7-19-17-25(4,29)15-16-26(19,5)23(20)12-14-27(21,22)6/h18-23,28-29H,7-17H2,1-6H3/t18-,19-,20+,21-,22?,23?,25+,26+,27-/m1/s1. The Morgan fingerprint density at radius 2 is 1.59 bits per heavy atom. The predicted octanol–water partition coefficient (Wildman–Crippen LogP) is 6.58. The average molecular weight is 405 g/mol. The maximum Gasteiger partial charge on any atom is 0.0622 e. The number of hydrogen-bond acceptors (Lipinski definition) is 2. The minimum atomic E-state index is -0.528. The van der Waals surface area contributed by atoms with E-state index in [1.165, 1.54) is 51.4 Å². The highest BCUT2D eigenvalue weighted by atomic mass is 16.3. The Morgan fingerprint density at radius 3 is 2.28 bits per heavy atom. The van der Waals surface area contributed by atoms with E-state index in [4.69, 9.17) is 0 Å². The van der Waals surface area contributed by atoms with Crippen LogP contribution in [0.15, 0.2) is 0 Å². The SMILES string of the molecule is C[C@H](CCC(C)(C)O)[C@H]1CCC2[C@@H]3CC[C@@H]4C[C@@](C)(O)CC[C@]4(C)C3CC[C@@]21C. The summed E-state index contributed by atoms with van der Waals surface area (Å²) < 4.78 is 0. The molecule has 0 saturated heterocycles. The molecule has 0 radical (unpaired) electrons. The van der Waals surface area contributed by atoms with Crippen molar-refractivity contribution in [3.63, 3.8) is 0 Å². The molecule has 0 heterocycles. The zero-order chi connectivity index (χ0) is 21.2. The Bertz CT molecular complexity index is 604. The van der Waals surface area contributed by atoms with E-state index in [0.29, 0.717) is 10.8 Å². The van der Waals surface area contributed by atoms with E-state index in [-0.39, 0.29) is 0 Å². The zero-order valence-electron chi connectivity index (χ0n) is 20.1. The smallest absolute Gasteiger partial charge is 0.0622 e. The zero-order valence-corrected chi connectivity index (χ0v) is 20.1. The van der Waals surface area contributed by atoms with Crippen LogP contribution in [0.25, 0.3) is 0 Å². The van der Waals surface area contributed by atoms with Gasteiger partial charge in [0.1, 0.15) is 0 Å². The van der Waals surface area contributed by atoms with Crippen molar-refractivity contribution < 1.29 is 10.2 Å². The number of fused-ring (bicyclic) bond motifs is 5. The lowest BCUT2D eigenvalue weighted by Gasteiger charge is -2.62. The summed E-state index contributed by atoms with van der Waals surface area (Å²) in [6.45, 7) is 13.7. The summed E-state index contributed by atoms with van der Waals surface area (Å²) in [6.07, 6.45) is 13.8. The van der Waals surface area contributed by atoms with Gasteiger partial charge in [0.2, 0.25) is 0 Å². The summed E-state index contributed by atoms with van der Waals surface area (Å²) in [5.74, 6) is 5.03. The summed E-state index contributed by atoms with van der Waals surface area (Å²) in [4.78, 5) is 0. The number of aliphatic hydroxyl groups is 2. The Hall–Kier alpha value is -0.0800. The van der Waals surface area contributed by atoms with Crippen LogP contribution in [0.5, 0.6) is 0 Å². The average Bonchev–Trinajstić information content (AvgIpc) is 2.97. The van der Waals surface area contributed by atoms with E-state index in [2.05, 4.69) is 27.7 Å². The van der Waals surface area contributed by atoms with Gasteiger partial charge in [0, 0.05) is 0 Å². The van der Waals surface area contributed by atoms with E-state index >= 15 is 0 Å². The van der Waals surface area contributed by atoms with E-state index in [9.17, 15) is 10.2 Å². The molecule has 4 saturated carbocycles. The molecule has 9 atom stereocenters. The molecule has 0 aliphatic heterocycles. The van der Waals surface area contributed by atoms with Crippen molar-refractivity contribution in [3.05, 3.63) is 0 Å². The summed E-state index contributed by atoms with van der Waals surface area (Å²) >= 11 is 0. The van der Waals surface area contributed by atoms with Crippen molar-refractivity contribution in [2.75, 3.05) is 0 Å². The van der Waals surface area contributed by atoms with Gasteiger partial charge in [0.25, 0.3) is 0 Å². The second-order valence-electron chi connectivity index (χ2n) is 13.4. The van der Waals surface area contributed by atoms with Gasteiger partial charge in [0.15, 0.2) is 0 Å². The molecule has 29 heavy (non-hydrogen) atoms. The Balaban J connectivity index is 1.49. The first-order chi connectivity index (χ1) is 13.4. The fourth-order valence-corrected chi connectivity index (χ4v) is 9.19. The van der Waals surface area contributed by atoms with Gasteiger partial charge >= 0.3 is 0 Å². The second-order valence-corrected chi connectivity index (χ2v) is 13.4. The topological polar surface area (TPSA) is 40.5 Å². The van der Waals surface area contributed by atoms with Gasteiger partial charge in [-0.1, -0.05) is 20.8 Å². The van der Waals surface area contributed by atoms with Crippen LogP contribution in [-0.2, 0) is 0 Å². The highest BCUT2D eigenvalue weighted by Gasteiger charge is 2.61. The third-order valence-electron chi connectivity index (χ3n) is 10.9. The predicted molar refractivity (Wildman–Crippen MR) is 121 cm³/mol.